The second-order valence-electron chi connectivity index (χ2n) is 6.26. The van der Waals surface area contributed by atoms with Gasteiger partial charge in [-0.2, -0.15) is 4.31 Å². The Balaban J connectivity index is 1.88. The fourth-order valence-electron chi connectivity index (χ4n) is 2.98. The van der Waals surface area contributed by atoms with Crippen LogP contribution < -0.4 is 5.32 Å². The van der Waals surface area contributed by atoms with Gasteiger partial charge >= 0.3 is 0 Å². The van der Waals surface area contributed by atoms with E-state index in [0.717, 1.165) is 24.8 Å². The molecular formula is C19H21ClN2O3S. The number of carbonyl (C=O) groups is 1. The van der Waals surface area contributed by atoms with Crippen molar-refractivity contribution in [2.24, 2.45) is 0 Å². The molecule has 1 heterocycles. The number of sulfonamides is 1. The normalized spacial score (nSPS) is 15.2. The first-order chi connectivity index (χ1) is 12.4. The Hall–Kier alpha value is -1.89. The number of hydrogen-bond donors (Lipinski definition) is 1. The highest BCUT2D eigenvalue weighted by molar-refractivity contribution is 7.89. The summed E-state index contributed by atoms with van der Waals surface area (Å²) in [6, 6.07) is 11.8. The van der Waals surface area contributed by atoms with Gasteiger partial charge in [0, 0.05) is 18.8 Å². The minimum Gasteiger partial charge on any atom is -0.322 e. The number of benzene rings is 2. The summed E-state index contributed by atoms with van der Waals surface area (Å²) < 4.78 is 26.9. The molecule has 0 atom stereocenters. The molecule has 3 rings (SSSR count). The van der Waals surface area contributed by atoms with E-state index in [0.29, 0.717) is 18.8 Å². The van der Waals surface area contributed by atoms with Crippen LogP contribution in [0.2, 0.25) is 5.02 Å². The number of hydrogen-bond acceptors (Lipinski definition) is 3. The summed E-state index contributed by atoms with van der Waals surface area (Å²) in [6.45, 7) is 3.05. The van der Waals surface area contributed by atoms with E-state index in [4.69, 9.17) is 11.6 Å². The van der Waals surface area contributed by atoms with Crippen LogP contribution >= 0.6 is 11.6 Å². The van der Waals surface area contributed by atoms with Crippen molar-refractivity contribution in [1.82, 2.24) is 4.31 Å². The van der Waals surface area contributed by atoms with Gasteiger partial charge in [0.2, 0.25) is 10.0 Å². The van der Waals surface area contributed by atoms with Gasteiger partial charge in [-0.15, -0.1) is 0 Å². The first kappa shape index (κ1) is 18.9. The van der Waals surface area contributed by atoms with Crippen LogP contribution in [-0.2, 0) is 16.4 Å². The summed E-state index contributed by atoms with van der Waals surface area (Å²) in [7, 11) is -3.60. The number of aryl methyl sites for hydroxylation is 1. The molecule has 0 bridgehead atoms. The molecule has 0 unspecified atom stereocenters. The molecule has 1 amide bonds. The fraction of sp³-hybridized carbons (Fsp3) is 0.316. The number of rotatable bonds is 5. The van der Waals surface area contributed by atoms with Crippen molar-refractivity contribution < 1.29 is 13.2 Å². The Morgan fingerprint density at radius 3 is 2.58 bits per heavy atom. The van der Waals surface area contributed by atoms with E-state index >= 15 is 0 Å². The molecule has 7 heteroatoms. The molecule has 2 aromatic carbocycles. The SMILES string of the molecule is CCc1cccc(NC(=O)c2cc(S(=O)(=O)N3CCCC3)ccc2Cl)c1. The molecule has 0 saturated carbocycles. The standard InChI is InChI=1S/C19H21ClN2O3S/c1-2-14-6-5-7-15(12-14)21-19(23)17-13-16(8-9-18(17)20)26(24,25)22-10-3-4-11-22/h5-9,12-13H,2-4,10-11H2,1H3,(H,21,23). The zero-order valence-electron chi connectivity index (χ0n) is 14.5. The third kappa shape index (κ3) is 3.92. The van der Waals surface area contributed by atoms with Crippen LogP contribution in [0.25, 0.3) is 0 Å². The lowest BCUT2D eigenvalue weighted by molar-refractivity contribution is 0.102. The molecule has 2 aromatic rings. The maximum absolute atomic E-state index is 12.7. The van der Waals surface area contributed by atoms with E-state index in [2.05, 4.69) is 5.32 Å². The fourth-order valence-corrected chi connectivity index (χ4v) is 4.73. The lowest BCUT2D eigenvalue weighted by Gasteiger charge is -2.16. The van der Waals surface area contributed by atoms with E-state index in [9.17, 15) is 13.2 Å². The van der Waals surface area contributed by atoms with Crippen molar-refractivity contribution in [3.8, 4) is 0 Å². The minimum absolute atomic E-state index is 0.0938. The van der Waals surface area contributed by atoms with E-state index in [1.54, 1.807) is 6.07 Å². The van der Waals surface area contributed by atoms with Crippen LogP contribution in [0.15, 0.2) is 47.4 Å². The summed E-state index contributed by atoms with van der Waals surface area (Å²) in [4.78, 5) is 12.7. The molecule has 0 radical (unpaired) electrons. The van der Waals surface area contributed by atoms with E-state index in [1.165, 1.54) is 22.5 Å². The topological polar surface area (TPSA) is 66.5 Å². The number of nitrogens with one attached hydrogen (secondary N) is 1. The van der Waals surface area contributed by atoms with Gasteiger partial charge in [-0.25, -0.2) is 8.42 Å². The van der Waals surface area contributed by atoms with Gasteiger partial charge in [0.25, 0.3) is 5.91 Å². The van der Waals surface area contributed by atoms with Gasteiger partial charge in [0.1, 0.15) is 0 Å². The summed E-state index contributed by atoms with van der Waals surface area (Å²) in [6.07, 6.45) is 2.57. The molecule has 1 saturated heterocycles. The van der Waals surface area contributed by atoms with Gasteiger partial charge < -0.3 is 5.32 Å². The van der Waals surface area contributed by atoms with Crippen LogP contribution in [0.3, 0.4) is 0 Å². The van der Waals surface area contributed by atoms with Gasteiger partial charge in [-0.1, -0.05) is 30.7 Å². The van der Waals surface area contributed by atoms with Crippen LogP contribution in [-0.4, -0.2) is 31.7 Å². The molecule has 1 N–H and O–H groups in total. The second kappa shape index (κ2) is 7.78. The quantitative estimate of drug-likeness (QED) is 0.838. The van der Waals surface area contributed by atoms with Crippen LogP contribution in [0.5, 0.6) is 0 Å². The number of anilines is 1. The summed E-state index contributed by atoms with van der Waals surface area (Å²) >= 11 is 6.16. The molecule has 1 aliphatic rings. The Kier molecular flexibility index (Phi) is 5.65. The maximum atomic E-state index is 12.7. The first-order valence-corrected chi connectivity index (χ1v) is 10.4. The van der Waals surface area contributed by atoms with E-state index in [-0.39, 0.29) is 15.5 Å². The Morgan fingerprint density at radius 1 is 1.15 bits per heavy atom. The highest BCUT2D eigenvalue weighted by Gasteiger charge is 2.28. The van der Waals surface area contributed by atoms with Gasteiger partial charge in [-0.3, -0.25) is 4.79 Å². The van der Waals surface area contributed by atoms with Crippen LogP contribution in [0.4, 0.5) is 5.69 Å². The van der Waals surface area contributed by atoms with Crippen molar-refractivity contribution in [2.45, 2.75) is 31.1 Å². The molecule has 1 aliphatic heterocycles. The predicted octanol–water partition coefficient (Wildman–Crippen LogP) is 3.94. The number of carbonyl (C=O) groups excluding carboxylic acids is 1. The Morgan fingerprint density at radius 2 is 1.88 bits per heavy atom. The van der Waals surface area contributed by atoms with Crippen molar-refractivity contribution in [2.75, 3.05) is 18.4 Å². The largest absolute Gasteiger partial charge is 0.322 e. The number of halogens is 1. The van der Waals surface area contributed by atoms with Crippen molar-refractivity contribution in [3.05, 3.63) is 58.6 Å². The van der Waals surface area contributed by atoms with E-state index < -0.39 is 15.9 Å². The molecule has 0 aromatic heterocycles. The molecule has 0 aliphatic carbocycles. The molecule has 5 nitrogen and oxygen atoms in total. The number of nitrogens with zero attached hydrogens (tertiary/aromatic N) is 1. The smallest absolute Gasteiger partial charge is 0.257 e. The van der Waals surface area contributed by atoms with Gasteiger partial charge in [-0.05, 0) is 55.2 Å². The highest BCUT2D eigenvalue weighted by Crippen LogP contribution is 2.26. The third-order valence-corrected chi connectivity index (χ3v) is 6.70. The maximum Gasteiger partial charge on any atom is 0.257 e. The Bertz CT molecular complexity index is 922. The molecule has 1 fully saturated rings. The third-order valence-electron chi connectivity index (χ3n) is 4.48. The average molecular weight is 393 g/mol. The summed E-state index contributed by atoms with van der Waals surface area (Å²) in [5.41, 5.74) is 1.89. The predicted molar refractivity (Wildman–Crippen MR) is 103 cm³/mol. The number of amides is 1. The second-order valence-corrected chi connectivity index (χ2v) is 8.61. The van der Waals surface area contributed by atoms with Crippen molar-refractivity contribution >= 4 is 33.2 Å². The lowest BCUT2D eigenvalue weighted by atomic mass is 10.1. The average Bonchev–Trinajstić information content (AvgIpc) is 3.17. The molecular weight excluding hydrogens is 372 g/mol. The molecule has 26 heavy (non-hydrogen) atoms. The van der Waals surface area contributed by atoms with Crippen LogP contribution in [0, 0.1) is 0 Å². The van der Waals surface area contributed by atoms with E-state index in [1.807, 2.05) is 25.1 Å². The minimum atomic E-state index is -3.60. The van der Waals surface area contributed by atoms with Crippen molar-refractivity contribution in [1.29, 1.82) is 0 Å². The lowest BCUT2D eigenvalue weighted by Crippen LogP contribution is -2.28. The zero-order chi connectivity index (χ0) is 18.7. The Labute approximate surface area is 159 Å². The summed E-state index contributed by atoms with van der Waals surface area (Å²) in [5.74, 6) is -0.429. The monoisotopic (exact) mass is 392 g/mol. The summed E-state index contributed by atoms with van der Waals surface area (Å²) in [5, 5.41) is 3.01. The highest BCUT2D eigenvalue weighted by atomic mass is 35.5. The zero-order valence-corrected chi connectivity index (χ0v) is 16.1. The van der Waals surface area contributed by atoms with Crippen LogP contribution in [0.1, 0.15) is 35.7 Å². The van der Waals surface area contributed by atoms with Gasteiger partial charge in [0.05, 0.1) is 15.5 Å². The van der Waals surface area contributed by atoms with Crippen molar-refractivity contribution in [3.63, 3.8) is 0 Å². The molecule has 0 spiro atoms. The van der Waals surface area contributed by atoms with Gasteiger partial charge in [0.15, 0.2) is 0 Å². The first-order valence-electron chi connectivity index (χ1n) is 8.62. The molecule has 138 valence electrons.